The molecule has 12 heteroatoms. The molecule has 0 radical (unpaired) electrons. The Bertz CT molecular complexity index is 1340. The maximum absolute atomic E-state index is 12.7. The molecule has 0 spiro atoms. The zero-order chi connectivity index (χ0) is 23.1. The number of nitrogens with zero attached hydrogens (tertiary/aromatic N) is 5. The summed E-state index contributed by atoms with van der Waals surface area (Å²) in [4.78, 5) is 24.6. The predicted octanol–water partition coefficient (Wildman–Crippen LogP) is 4.28. The smallest absolute Gasteiger partial charge is 0.255 e. The molecule has 0 saturated heterocycles. The van der Waals surface area contributed by atoms with E-state index in [-0.39, 0.29) is 11.8 Å². The SMILES string of the molecule is COc1cc2nnsc2cc1Nc1ncnc2sc3c(c12)CC[C@H](C(=O)N(C)CC(F)F)C3. The van der Waals surface area contributed by atoms with Crippen molar-refractivity contribution in [1.82, 2.24) is 24.5 Å². The molecule has 1 aliphatic rings. The van der Waals surface area contributed by atoms with Gasteiger partial charge in [0.15, 0.2) is 0 Å². The van der Waals surface area contributed by atoms with Gasteiger partial charge in [0.1, 0.15) is 28.2 Å². The van der Waals surface area contributed by atoms with Crippen LogP contribution in [0.15, 0.2) is 18.5 Å². The molecule has 0 saturated carbocycles. The quantitative estimate of drug-likeness (QED) is 0.431. The van der Waals surface area contributed by atoms with Gasteiger partial charge in [-0.05, 0) is 42.4 Å². The third-order valence-corrected chi connectivity index (χ3v) is 7.65. The molecule has 1 aliphatic carbocycles. The van der Waals surface area contributed by atoms with E-state index >= 15 is 0 Å². The largest absolute Gasteiger partial charge is 0.494 e. The number of amides is 1. The Morgan fingerprint density at radius 2 is 2.21 bits per heavy atom. The summed E-state index contributed by atoms with van der Waals surface area (Å²) in [6.45, 7) is -0.546. The molecule has 1 aromatic carbocycles. The Hall–Kier alpha value is -2.99. The molecule has 1 N–H and O–H groups in total. The number of anilines is 2. The van der Waals surface area contributed by atoms with Crippen molar-refractivity contribution in [1.29, 1.82) is 0 Å². The number of carbonyl (C=O) groups is 1. The van der Waals surface area contributed by atoms with Gasteiger partial charge in [0, 0.05) is 23.9 Å². The van der Waals surface area contributed by atoms with Gasteiger partial charge in [-0.1, -0.05) is 4.49 Å². The average Bonchev–Trinajstić information content (AvgIpc) is 3.41. The summed E-state index contributed by atoms with van der Waals surface area (Å²) < 4.78 is 35.9. The lowest BCUT2D eigenvalue weighted by Gasteiger charge is -2.26. The number of ether oxygens (including phenoxy) is 1. The molecule has 1 atom stereocenters. The lowest BCUT2D eigenvalue weighted by Crippen LogP contribution is -2.38. The van der Waals surface area contributed by atoms with Crippen LogP contribution in [0.2, 0.25) is 0 Å². The summed E-state index contributed by atoms with van der Waals surface area (Å²) >= 11 is 2.82. The normalized spacial score (nSPS) is 15.7. The Morgan fingerprint density at radius 3 is 3.00 bits per heavy atom. The lowest BCUT2D eigenvalue weighted by atomic mass is 9.87. The first-order valence-electron chi connectivity index (χ1n) is 10.3. The summed E-state index contributed by atoms with van der Waals surface area (Å²) in [7, 11) is 3.03. The van der Waals surface area contributed by atoms with E-state index in [1.165, 1.54) is 36.2 Å². The number of carbonyl (C=O) groups excluding carboxylic acids is 1. The number of fused-ring (bicyclic) bond motifs is 4. The van der Waals surface area contributed by atoms with Crippen LogP contribution in [0.3, 0.4) is 0 Å². The zero-order valence-corrected chi connectivity index (χ0v) is 19.5. The minimum atomic E-state index is -2.54. The van der Waals surface area contributed by atoms with E-state index in [0.717, 1.165) is 41.5 Å². The number of nitrogens with one attached hydrogen (secondary N) is 1. The number of halogens is 2. The molecule has 0 bridgehead atoms. The average molecular weight is 491 g/mol. The molecule has 8 nitrogen and oxygen atoms in total. The molecule has 3 aromatic heterocycles. The molecule has 0 fully saturated rings. The number of aryl methyl sites for hydroxylation is 1. The number of rotatable bonds is 6. The standard InChI is InChI=1S/C21H20F2N6O2S2/c1-29(8-17(22)23)21(30)10-3-4-11-15(5-10)32-20-18(11)19(24-9-25-20)26-12-7-16-13(27-28-33-16)6-14(12)31-2/h6-7,9-10,17H,3-5,8H2,1-2H3,(H,24,25,26)/t10-/m0/s1. The zero-order valence-electron chi connectivity index (χ0n) is 17.8. The Balaban J connectivity index is 1.47. The number of aromatic nitrogens is 4. The molecule has 3 heterocycles. The van der Waals surface area contributed by atoms with Crippen molar-refractivity contribution in [2.75, 3.05) is 26.0 Å². The first kappa shape index (κ1) is 21.8. The van der Waals surface area contributed by atoms with E-state index in [4.69, 9.17) is 4.74 Å². The van der Waals surface area contributed by atoms with Crippen molar-refractivity contribution < 1.29 is 18.3 Å². The predicted molar refractivity (Wildman–Crippen MR) is 124 cm³/mol. The molecule has 1 amide bonds. The summed E-state index contributed by atoms with van der Waals surface area (Å²) in [5, 5.41) is 8.39. The molecule has 33 heavy (non-hydrogen) atoms. The van der Waals surface area contributed by atoms with Crippen molar-refractivity contribution in [3.05, 3.63) is 28.9 Å². The van der Waals surface area contributed by atoms with Crippen LogP contribution in [0.5, 0.6) is 5.75 Å². The summed E-state index contributed by atoms with van der Waals surface area (Å²) in [6.07, 6.45) is 0.741. The fourth-order valence-corrected chi connectivity index (χ4v) is 6.08. The van der Waals surface area contributed by atoms with Crippen LogP contribution in [0.25, 0.3) is 20.4 Å². The lowest BCUT2D eigenvalue weighted by molar-refractivity contribution is -0.136. The van der Waals surface area contributed by atoms with Crippen LogP contribution in [-0.4, -0.2) is 57.5 Å². The van der Waals surface area contributed by atoms with Gasteiger partial charge in [0.2, 0.25) is 5.91 Å². The monoisotopic (exact) mass is 490 g/mol. The molecular weight excluding hydrogens is 470 g/mol. The van der Waals surface area contributed by atoms with Gasteiger partial charge in [-0.15, -0.1) is 16.4 Å². The Labute approximate surface area is 195 Å². The van der Waals surface area contributed by atoms with Gasteiger partial charge in [-0.2, -0.15) is 0 Å². The summed E-state index contributed by atoms with van der Waals surface area (Å²) in [5.74, 6) is 0.741. The number of methoxy groups -OCH3 is 1. The second-order valence-electron chi connectivity index (χ2n) is 7.87. The van der Waals surface area contributed by atoms with Crippen LogP contribution in [-0.2, 0) is 17.6 Å². The van der Waals surface area contributed by atoms with Crippen LogP contribution in [0, 0.1) is 5.92 Å². The molecule has 4 aromatic rings. The van der Waals surface area contributed by atoms with Crippen molar-refractivity contribution in [3.63, 3.8) is 0 Å². The molecule has 0 unspecified atom stereocenters. The Morgan fingerprint density at radius 1 is 1.36 bits per heavy atom. The Kier molecular flexibility index (Phi) is 5.79. The van der Waals surface area contributed by atoms with E-state index in [1.807, 2.05) is 12.1 Å². The first-order valence-corrected chi connectivity index (χ1v) is 11.9. The van der Waals surface area contributed by atoms with Crippen LogP contribution >= 0.6 is 22.9 Å². The van der Waals surface area contributed by atoms with E-state index in [9.17, 15) is 13.6 Å². The molecule has 172 valence electrons. The van der Waals surface area contributed by atoms with Gasteiger partial charge < -0.3 is 15.0 Å². The molecule has 5 rings (SSSR count). The van der Waals surface area contributed by atoms with Gasteiger partial charge >= 0.3 is 0 Å². The van der Waals surface area contributed by atoms with Gasteiger partial charge in [0.25, 0.3) is 6.43 Å². The highest BCUT2D eigenvalue weighted by Gasteiger charge is 2.31. The van der Waals surface area contributed by atoms with E-state index in [0.29, 0.717) is 30.8 Å². The van der Waals surface area contributed by atoms with Gasteiger partial charge in [-0.3, -0.25) is 4.79 Å². The number of alkyl halides is 2. The number of hydrogen-bond acceptors (Lipinski definition) is 9. The van der Waals surface area contributed by atoms with Gasteiger partial charge in [-0.25, -0.2) is 18.7 Å². The number of hydrogen-bond donors (Lipinski definition) is 1. The number of benzene rings is 1. The van der Waals surface area contributed by atoms with Crippen molar-refractivity contribution >= 4 is 60.7 Å². The highest BCUT2D eigenvalue weighted by Crippen LogP contribution is 2.42. The van der Waals surface area contributed by atoms with Crippen LogP contribution in [0.1, 0.15) is 16.9 Å². The minimum Gasteiger partial charge on any atom is -0.494 e. The van der Waals surface area contributed by atoms with E-state index in [2.05, 4.69) is 24.9 Å². The minimum absolute atomic E-state index is 0.237. The molecule has 0 aliphatic heterocycles. The third-order valence-electron chi connectivity index (χ3n) is 5.80. The van der Waals surface area contributed by atoms with E-state index in [1.54, 1.807) is 7.11 Å². The first-order chi connectivity index (χ1) is 15.9. The van der Waals surface area contributed by atoms with Crippen molar-refractivity contribution in [2.45, 2.75) is 25.7 Å². The molecular formula is C21H20F2N6O2S2. The fraction of sp³-hybridized carbons (Fsp3) is 0.381. The number of thiophene rings is 1. The highest BCUT2D eigenvalue weighted by atomic mass is 32.1. The van der Waals surface area contributed by atoms with Crippen molar-refractivity contribution in [2.24, 2.45) is 5.92 Å². The maximum atomic E-state index is 12.7. The van der Waals surface area contributed by atoms with Crippen LogP contribution in [0.4, 0.5) is 20.3 Å². The summed E-state index contributed by atoms with van der Waals surface area (Å²) in [6, 6.07) is 3.76. The fourth-order valence-electron chi connectivity index (χ4n) is 4.23. The second kappa shape index (κ2) is 8.75. The van der Waals surface area contributed by atoms with Crippen molar-refractivity contribution in [3.8, 4) is 5.75 Å². The summed E-state index contributed by atoms with van der Waals surface area (Å²) in [5.41, 5.74) is 2.61. The van der Waals surface area contributed by atoms with Crippen LogP contribution < -0.4 is 10.1 Å². The van der Waals surface area contributed by atoms with E-state index < -0.39 is 13.0 Å². The highest BCUT2D eigenvalue weighted by molar-refractivity contribution is 7.19. The maximum Gasteiger partial charge on any atom is 0.255 e. The second-order valence-corrected chi connectivity index (χ2v) is 9.74. The third kappa shape index (κ3) is 4.08. The topological polar surface area (TPSA) is 93.1 Å². The van der Waals surface area contributed by atoms with Gasteiger partial charge in [0.05, 0.1) is 29.4 Å².